The molecule has 3 aromatic rings. The topological polar surface area (TPSA) is 80.8 Å². The molecule has 1 heterocycles. The maximum atomic E-state index is 13.0. The summed E-state index contributed by atoms with van der Waals surface area (Å²) in [5.74, 6) is -0.518. The molecule has 0 aromatic heterocycles. The van der Waals surface area contributed by atoms with Crippen LogP contribution >= 0.6 is 0 Å². The minimum absolute atomic E-state index is 0.0858. The Morgan fingerprint density at radius 1 is 0.697 bits per heavy atom. The van der Waals surface area contributed by atoms with Crippen LogP contribution < -0.4 is 4.74 Å². The lowest BCUT2D eigenvalue weighted by Crippen LogP contribution is -2.32. The van der Waals surface area contributed by atoms with Crippen molar-refractivity contribution in [2.45, 2.75) is 30.6 Å². The van der Waals surface area contributed by atoms with Crippen molar-refractivity contribution < 1.29 is 22.7 Å². The second-order valence-corrected chi connectivity index (χ2v) is 9.89. The standard InChI is InChI=1S/C26H25NO5S/c28-25(20-9-4-3-5-10-20)21-13-15-23(16-14-21)32-26(29)22-11-8-12-24(19-22)33(30,31)27-17-6-1-2-7-18-27/h3-5,8-16,19H,1-2,6-7,17-18H2. The summed E-state index contributed by atoms with van der Waals surface area (Å²) in [4.78, 5) is 25.3. The zero-order valence-corrected chi connectivity index (χ0v) is 19.0. The van der Waals surface area contributed by atoms with Crippen molar-refractivity contribution >= 4 is 21.8 Å². The molecule has 0 amide bonds. The minimum atomic E-state index is -3.67. The molecule has 0 unspecified atom stereocenters. The normalized spacial score (nSPS) is 14.9. The van der Waals surface area contributed by atoms with E-state index in [0.717, 1.165) is 25.7 Å². The van der Waals surface area contributed by atoms with Gasteiger partial charge >= 0.3 is 5.97 Å². The van der Waals surface area contributed by atoms with Gasteiger partial charge in [-0.3, -0.25) is 4.79 Å². The number of benzene rings is 3. The first-order valence-electron chi connectivity index (χ1n) is 11.0. The highest BCUT2D eigenvalue weighted by atomic mass is 32.2. The van der Waals surface area contributed by atoms with Gasteiger partial charge in [-0.1, -0.05) is 49.2 Å². The van der Waals surface area contributed by atoms with Crippen molar-refractivity contribution in [1.29, 1.82) is 0 Å². The first-order chi connectivity index (χ1) is 15.9. The Bertz CT molecular complexity index is 1230. The number of nitrogens with zero attached hydrogens (tertiary/aromatic N) is 1. The van der Waals surface area contributed by atoms with E-state index >= 15 is 0 Å². The van der Waals surface area contributed by atoms with Gasteiger partial charge in [-0.15, -0.1) is 0 Å². The Hall–Kier alpha value is -3.29. The summed E-state index contributed by atoms with van der Waals surface area (Å²) >= 11 is 0. The first-order valence-corrected chi connectivity index (χ1v) is 12.4. The Labute approximate surface area is 193 Å². The molecule has 7 heteroatoms. The molecule has 170 valence electrons. The molecule has 1 aliphatic rings. The molecule has 0 aliphatic carbocycles. The highest BCUT2D eigenvalue weighted by Crippen LogP contribution is 2.22. The maximum absolute atomic E-state index is 13.0. The van der Waals surface area contributed by atoms with E-state index in [4.69, 9.17) is 4.74 Å². The molecule has 1 fully saturated rings. The monoisotopic (exact) mass is 463 g/mol. The highest BCUT2D eigenvalue weighted by Gasteiger charge is 2.26. The van der Waals surface area contributed by atoms with Crippen LogP contribution in [-0.2, 0) is 10.0 Å². The summed E-state index contributed by atoms with van der Waals surface area (Å²) in [6, 6.07) is 21.1. The molecule has 3 aromatic carbocycles. The summed E-state index contributed by atoms with van der Waals surface area (Å²) in [5.41, 5.74) is 1.20. The number of esters is 1. The lowest BCUT2D eigenvalue weighted by molar-refractivity contribution is 0.0734. The van der Waals surface area contributed by atoms with Crippen LogP contribution in [0.1, 0.15) is 52.0 Å². The van der Waals surface area contributed by atoms with E-state index in [-0.39, 0.29) is 22.0 Å². The van der Waals surface area contributed by atoms with E-state index in [1.165, 1.54) is 22.5 Å². The fourth-order valence-electron chi connectivity index (χ4n) is 3.81. The third-order valence-corrected chi connectivity index (χ3v) is 7.53. The van der Waals surface area contributed by atoms with Gasteiger partial charge < -0.3 is 4.74 Å². The summed E-state index contributed by atoms with van der Waals surface area (Å²) in [5, 5.41) is 0. The Kier molecular flexibility index (Phi) is 7.01. The van der Waals surface area contributed by atoms with Gasteiger partial charge in [-0.2, -0.15) is 4.31 Å². The minimum Gasteiger partial charge on any atom is -0.423 e. The van der Waals surface area contributed by atoms with Gasteiger partial charge in [-0.25, -0.2) is 13.2 Å². The molecule has 6 nitrogen and oxygen atoms in total. The predicted octanol–water partition coefficient (Wildman–Crippen LogP) is 4.70. The van der Waals surface area contributed by atoms with Crippen molar-refractivity contribution in [2.75, 3.05) is 13.1 Å². The number of carbonyl (C=O) groups is 2. The molecular weight excluding hydrogens is 438 g/mol. The molecule has 33 heavy (non-hydrogen) atoms. The molecule has 0 spiro atoms. The van der Waals surface area contributed by atoms with Gasteiger partial charge in [0.15, 0.2) is 5.78 Å². The van der Waals surface area contributed by atoms with E-state index in [0.29, 0.717) is 24.2 Å². The van der Waals surface area contributed by atoms with Gasteiger partial charge in [0.1, 0.15) is 5.75 Å². The van der Waals surface area contributed by atoms with E-state index < -0.39 is 16.0 Å². The van der Waals surface area contributed by atoms with Crippen molar-refractivity contribution in [3.8, 4) is 5.75 Å². The van der Waals surface area contributed by atoms with E-state index in [9.17, 15) is 18.0 Å². The summed E-state index contributed by atoms with van der Waals surface area (Å²) in [7, 11) is -3.67. The third kappa shape index (κ3) is 5.38. The predicted molar refractivity (Wildman–Crippen MR) is 125 cm³/mol. The molecule has 4 rings (SSSR count). The van der Waals surface area contributed by atoms with Crippen LogP contribution in [0.5, 0.6) is 5.75 Å². The zero-order chi connectivity index (χ0) is 23.3. The van der Waals surface area contributed by atoms with Crippen molar-refractivity contribution in [3.05, 3.63) is 95.6 Å². The van der Waals surface area contributed by atoms with Crippen molar-refractivity contribution in [2.24, 2.45) is 0 Å². The van der Waals surface area contributed by atoms with Crippen LogP contribution in [0.4, 0.5) is 0 Å². The van der Waals surface area contributed by atoms with Crippen molar-refractivity contribution in [1.82, 2.24) is 4.31 Å². The van der Waals surface area contributed by atoms with Crippen LogP contribution in [0.15, 0.2) is 83.8 Å². The molecule has 1 aliphatic heterocycles. The van der Waals surface area contributed by atoms with Gasteiger partial charge in [0.25, 0.3) is 0 Å². The summed E-state index contributed by atoms with van der Waals surface area (Å²) < 4.78 is 33.0. The molecule has 0 bridgehead atoms. The van der Waals surface area contributed by atoms with Crippen LogP contribution in [0.25, 0.3) is 0 Å². The fraction of sp³-hybridized carbons (Fsp3) is 0.231. The van der Waals surface area contributed by atoms with Crippen LogP contribution in [-0.4, -0.2) is 37.6 Å². The Balaban J connectivity index is 1.47. The quantitative estimate of drug-likeness (QED) is 0.301. The van der Waals surface area contributed by atoms with E-state index in [1.54, 1.807) is 54.6 Å². The van der Waals surface area contributed by atoms with Gasteiger partial charge in [0, 0.05) is 24.2 Å². The molecule has 0 atom stereocenters. The van der Waals surface area contributed by atoms with Gasteiger partial charge in [0.2, 0.25) is 10.0 Å². The zero-order valence-electron chi connectivity index (χ0n) is 18.1. The first kappa shape index (κ1) is 22.9. The molecule has 1 saturated heterocycles. The lowest BCUT2D eigenvalue weighted by atomic mass is 10.0. The number of rotatable bonds is 6. The molecule has 0 saturated carbocycles. The average molecular weight is 464 g/mol. The lowest BCUT2D eigenvalue weighted by Gasteiger charge is -2.20. The summed E-state index contributed by atoms with van der Waals surface area (Å²) in [6.45, 7) is 0.982. The maximum Gasteiger partial charge on any atom is 0.343 e. The number of hydrogen-bond donors (Lipinski definition) is 0. The number of ketones is 1. The van der Waals surface area contributed by atoms with Gasteiger partial charge in [0.05, 0.1) is 10.5 Å². The van der Waals surface area contributed by atoms with Crippen LogP contribution in [0.2, 0.25) is 0 Å². The van der Waals surface area contributed by atoms with Gasteiger partial charge in [-0.05, 0) is 55.3 Å². The number of sulfonamides is 1. The van der Waals surface area contributed by atoms with E-state index in [2.05, 4.69) is 0 Å². The number of carbonyl (C=O) groups excluding carboxylic acids is 2. The van der Waals surface area contributed by atoms with Crippen LogP contribution in [0.3, 0.4) is 0 Å². The fourth-order valence-corrected chi connectivity index (χ4v) is 5.37. The second kappa shape index (κ2) is 10.1. The third-order valence-electron chi connectivity index (χ3n) is 5.64. The molecular formula is C26H25NO5S. The largest absolute Gasteiger partial charge is 0.423 e. The average Bonchev–Trinajstić information content (AvgIpc) is 3.15. The molecule has 0 N–H and O–H groups in total. The van der Waals surface area contributed by atoms with E-state index in [1.807, 2.05) is 6.07 Å². The molecule has 0 radical (unpaired) electrons. The number of hydrogen-bond acceptors (Lipinski definition) is 5. The number of ether oxygens (including phenoxy) is 1. The van der Waals surface area contributed by atoms with Crippen LogP contribution in [0, 0.1) is 0 Å². The second-order valence-electron chi connectivity index (χ2n) is 7.96. The highest BCUT2D eigenvalue weighted by molar-refractivity contribution is 7.89. The Morgan fingerprint density at radius 2 is 1.30 bits per heavy atom. The Morgan fingerprint density at radius 3 is 1.97 bits per heavy atom. The van der Waals surface area contributed by atoms with Crippen molar-refractivity contribution in [3.63, 3.8) is 0 Å². The smallest absolute Gasteiger partial charge is 0.343 e. The summed E-state index contributed by atoms with van der Waals surface area (Å²) in [6.07, 6.45) is 3.72. The SMILES string of the molecule is O=C(Oc1ccc(C(=O)c2ccccc2)cc1)c1cccc(S(=O)(=O)N2CCCCCC2)c1.